The fourth-order valence-electron chi connectivity index (χ4n) is 9.26. The first kappa shape index (κ1) is 33.0. The standard InChI is InChI=1S/C55H37NO/c1-4-17-38(18-5-1)39-19-14-20-40(35-39)41-21-15-26-44(36-41)56(43-24-8-3-9-25-43)45-33-34-53-49(37-45)48-29-16-32-52(54(48)57-53)55(42-22-6-2-7-23-42)50-30-12-10-27-46(50)47-28-11-13-31-51(47)55/h1-37H. The lowest BCUT2D eigenvalue weighted by molar-refractivity contribution is 0.648. The molecule has 0 unspecified atom stereocenters. The highest BCUT2D eigenvalue weighted by Crippen LogP contribution is 2.57. The SMILES string of the molecule is c1ccc(-c2cccc(-c3cccc(N(c4ccccc4)c4ccc5oc6c(C7(c8ccccc8)c8ccccc8-c8ccccc87)cccc6c5c4)c3)c2)cc1. The summed E-state index contributed by atoms with van der Waals surface area (Å²) in [6, 6.07) is 80.9. The molecule has 0 saturated carbocycles. The van der Waals surface area contributed by atoms with Crippen molar-refractivity contribution in [3.05, 3.63) is 247 Å². The van der Waals surface area contributed by atoms with Gasteiger partial charge in [-0.05, 0) is 98.6 Å². The van der Waals surface area contributed by atoms with Crippen LogP contribution in [-0.4, -0.2) is 0 Å². The summed E-state index contributed by atoms with van der Waals surface area (Å²) in [4.78, 5) is 2.35. The van der Waals surface area contributed by atoms with E-state index in [1.165, 1.54) is 44.5 Å². The molecule has 0 amide bonds. The second-order valence-electron chi connectivity index (χ2n) is 14.8. The molecular weight excluding hydrogens is 691 g/mol. The molecule has 0 atom stereocenters. The molecule has 9 aromatic carbocycles. The van der Waals surface area contributed by atoms with Crippen LogP contribution in [0.4, 0.5) is 17.1 Å². The molecular formula is C55H37NO. The molecule has 0 saturated heterocycles. The van der Waals surface area contributed by atoms with Crippen LogP contribution in [0.15, 0.2) is 229 Å². The van der Waals surface area contributed by atoms with E-state index in [-0.39, 0.29) is 0 Å². The van der Waals surface area contributed by atoms with Gasteiger partial charge in [0.1, 0.15) is 11.2 Å². The van der Waals surface area contributed by atoms with E-state index in [1.54, 1.807) is 0 Å². The zero-order valence-corrected chi connectivity index (χ0v) is 31.2. The number of nitrogens with zero attached hydrogens (tertiary/aromatic N) is 1. The summed E-state index contributed by atoms with van der Waals surface area (Å²) in [7, 11) is 0. The number of hydrogen-bond donors (Lipinski definition) is 0. The van der Waals surface area contributed by atoms with Crippen LogP contribution in [0.25, 0.3) is 55.3 Å². The Hall–Kier alpha value is -7.42. The highest BCUT2D eigenvalue weighted by Gasteiger charge is 2.47. The average Bonchev–Trinajstić information content (AvgIpc) is 3.81. The first-order chi connectivity index (χ1) is 28.3. The van der Waals surface area contributed by atoms with Crippen molar-refractivity contribution in [1.82, 2.24) is 0 Å². The molecule has 2 heteroatoms. The second kappa shape index (κ2) is 13.4. The summed E-state index contributed by atoms with van der Waals surface area (Å²) < 4.78 is 7.02. The quantitative estimate of drug-likeness (QED) is 0.163. The molecule has 2 nitrogen and oxygen atoms in total. The van der Waals surface area contributed by atoms with Gasteiger partial charge < -0.3 is 9.32 Å². The lowest BCUT2D eigenvalue weighted by Crippen LogP contribution is -2.28. The Bertz CT molecular complexity index is 3030. The van der Waals surface area contributed by atoms with Crippen molar-refractivity contribution in [2.45, 2.75) is 5.41 Å². The van der Waals surface area contributed by atoms with E-state index in [0.717, 1.165) is 50.1 Å². The number of benzene rings is 9. The fraction of sp³-hybridized carbons (Fsp3) is 0.0182. The molecule has 1 aliphatic carbocycles. The van der Waals surface area contributed by atoms with Crippen molar-refractivity contribution in [1.29, 1.82) is 0 Å². The Kier molecular flexibility index (Phi) is 7.75. The van der Waals surface area contributed by atoms with Crippen LogP contribution in [0.1, 0.15) is 22.3 Å². The molecule has 0 radical (unpaired) electrons. The van der Waals surface area contributed by atoms with Gasteiger partial charge in [0.2, 0.25) is 0 Å². The summed E-state index contributed by atoms with van der Waals surface area (Å²) in [6.45, 7) is 0. The van der Waals surface area contributed by atoms with Crippen molar-refractivity contribution in [2.75, 3.05) is 4.90 Å². The van der Waals surface area contributed by atoms with Gasteiger partial charge in [0.15, 0.2) is 0 Å². The van der Waals surface area contributed by atoms with Crippen LogP contribution in [0, 0.1) is 0 Å². The summed E-state index contributed by atoms with van der Waals surface area (Å²) in [5.41, 5.74) is 16.6. The summed E-state index contributed by atoms with van der Waals surface area (Å²) in [5, 5.41) is 2.18. The first-order valence-corrected chi connectivity index (χ1v) is 19.6. The molecule has 0 bridgehead atoms. The van der Waals surface area contributed by atoms with Gasteiger partial charge in [-0.1, -0.05) is 176 Å². The number of furan rings is 1. The van der Waals surface area contributed by atoms with Crippen LogP contribution in [0.3, 0.4) is 0 Å². The predicted octanol–water partition coefficient (Wildman–Crippen LogP) is 14.8. The van der Waals surface area contributed by atoms with Crippen LogP contribution in [-0.2, 0) is 5.41 Å². The van der Waals surface area contributed by atoms with Gasteiger partial charge >= 0.3 is 0 Å². The molecule has 10 aromatic rings. The Labute approximate surface area is 332 Å². The zero-order valence-electron chi connectivity index (χ0n) is 31.2. The molecule has 0 aliphatic heterocycles. The minimum Gasteiger partial charge on any atom is -0.456 e. The second-order valence-corrected chi connectivity index (χ2v) is 14.8. The van der Waals surface area contributed by atoms with Crippen LogP contribution in [0.2, 0.25) is 0 Å². The molecule has 57 heavy (non-hydrogen) atoms. The lowest BCUT2D eigenvalue weighted by atomic mass is 9.67. The molecule has 0 fully saturated rings. The van der Waals surface area contributed by atoms with Crippen molar-refractivity contribution < 1.29 is 4.42 Å². The summed E-state index contributed by atoms with van der Waals surface area (Å²) in [5.74, 6) is 0. The van der Waals surface area contributed by atoms with Gasteiger partial charge in [0, 0.05) is 33.4 Å². The van der Waals surface area contributed by atoms with Crippen LogP contribution in [0.5, 0.6) is 0 Å². The number of fused-ring (bicyclic) bond motifs is 6. The van der Waals surface area contributed by atoms with Gasteiger partial charge in [-0.3, -0.25) is 0 Å². The van der Waals surface area contributed by atoms with E-state index in [1.807, 2.05) is 0 Å². The highest BCUT2D eigenvalue weighted by molar-refractivity contribution is 6.09. The van der Waals surface area contributed by atoms with E-state index in [0.29, 0.717) is 0 Å². The average molecular weight is 728 g/mol. The molecule has 11 rings (SSSR count). The summed E-state index contributed by atoms with van der Waals surface area (Å²) in [6.07, 6.45) is 0. The molecule has 0 spiro atoms. The normalized spacial score (nSPS) is 12.7. The number of rotatable bonds is 7. The van der Waals surface area contributed by atoms with Gasteiger partial charge in [0.25, 0.3) is 0 Å². The van der Waals surface area contributed by atoms with Crippen molar-refractivity contribution in [2.24, 2.45) is 0 Å². The fourth-order valence-corrected chi connectivity index (χ4v) is 9.26. The maximum atomic E-state index is 7.02. The first-order valence-electron chi connectivity index (χ1n) is 19.6. The Morgan fingerprint density at radius 2 is 0.842 bits per heavy atom. The lowest BCUT2D eigenvalue weighted by Gasteiger charge is -2.33. The molecule has 268 valence electrons. The third-order valence-electron chi connectivity index (χ3n) is 11.7. The zero-order chi connectivity index (χ0) is 37.8. The number of anilines is 3. The van der Waals surface area contributed by atoms with Gasteiger partial charge in [-0.25, -0.2) is 0 Å². The van der Waals surface area contributed by atoms with Crippen LogP contribution >= 0.6 is 0 Å². The topological polar surface area (TPSA) is 16.4 Å². The maximum Gasteiger partial charge on any atom is 0.140 e. The van der Waals surface area contributed by atoms with Gasteiger partial charge in [0.05, 0.1) is 5.41 Å². The third kappa shape index (κ3) is 5.26. The van der Waals surface area contributed by atoms with E-state index in [2.05, 4.69) is 229 Å². The monoisotopic (exact) mass is 727 g/mol. The third-order valence-corrected chi connectivity index (χ3v) is 11.7. The van der Waals surface area contributed by atoms with Gasteiger partial charge in [-0.2, -0.15) is 0 Å². The van der Waals surface area contributed by atoms with E-state index in [4.69, 9.17) is 4.42 Å². The highest BCUT2D eigenvalue weighted by atomic mass is 16.3. The number of hydrogen-bond acceptors (Lipinski definition) is 2. The van der Waals surface area contributed by atoms with Gasteiger partial charge in [-0.15, -0.1) is 0 Å². The Balaban J connectivity index is 1.09. The van der Waals surface area contributed by atoms with Crippen LogP contribution < -0.4 is 4.90 Å². The van der Waals surface area contributed by atoms with E-state index in [9.17, 15) is 0 Å². The largest absolute Gasteiger partial charge is 0.456 e. The smallest absolute Gasteiger partial charge is 0.140 e. The van der Waals surface area contributed by atoms with Crippen molar-refractivity contribution in [3.63, 3.8) is 0 Å². The Morgan fingerprint density at radius 3 is 1.56 bits per heavy atom. The van der Waals surface area contributed by atoms with Crippen molar-refractivity contribution in [3.8, 4) is 33.4 Å². The minimum absolute atomic E-state index is 0.557. The molecule has 0 N–H and O–H groups in total. The van der Waals surface area contributed by atoms with Crippen molar-refractivity contribution >= 4 is 39.0 Å². The predicted molar refractivity (Wildman–Crippen MR) is 237 cm³/mol. The minimum atomic E-state index is -0.557. The van der Waals surface area contributed by atoms with E-state index < -0.39 is 5.41 Å². The molecule has 1 heterocycles. The number of para-hydroxylation sites is 2. The Morgan fingerprint density at radius 1 is 0.333 bits per heavy atom. The molecule has 1 aliphatic rings. The maximum absolute atomic E-state index is 7.02. The molecule has 1 aromatic heterocycles. The summed E-state index contributed by atoms with van der Waals surface area (Å²) >= 11 is 0. The van der Waals surface area contributed by atoms with E-state index >= 15 is 0 Å².